The third kappa shape index (κ3) is 1.59. The fourth-order valence-electron chi connectivity index (χ4n) is 2.33. The number of Topliss-reactive ketones (excluding diaryl/α,β-unsaturated/α-hetero) is 1. The molecule has 0 bridgehead atoms. The van der Waals surface area contributed by atoms with Crippen LogP contribution in [0.1, 0.15) is 27.9 Å². The van der Waals surface area contributed by atoms with Gasteiger partial charge in [0.1, 0.15) is 0 Å². The fraction of sp³-hybridized carbons (Fsp3) is 0.308. The highest BCUT2D eigenvalue weighted by atomic mass is 16.4. The highest BCUT2D eigenvalue weighted by molar-refractivity contribution is 6.09. The minimum atomic E-state index is -2.03. The number of hydrogen-bond acceptors (Lipinski definition) is 3. The van der Waals surface area contributed by atoms with Crippen LogP contribution in [-0.2, 0) is 16.0 Å². The molecule has 1 aromatic rings. The topological polar surface area (TPSA) is 91.7 Å². The number of carbonyl (C=O) groups excluding carboxylic acids is 1. The Balaban J connectivity index is 2.62. The molecule has 2 rings (SSSR count). The van der Waals surface area contributed by atoms with Gasteiger partial charge in [-0.25, -0.2) is 0 Å². The number of ketones is 1. The van der Waals surface area contributed by atoms with Crippen LogP contribution in [0.3, 0.4) is 0 Å². The van der Waals surface area contributed by atoms with Crippen LogP contribution in [0, 0.1) is 12.3 Å². The smallest absolute Gasteiger partial charge is 0.321 e. The third-order valence-corrected chi connectivity index (χ3v) is 3.47. The molecule has 0 aromatic heterocycles. The lowest BCUT2D eigenvalue weighted by Crippen LogP contribution is -2.46. The summed E-state index contributed by atoms with van der Waals surface area (Å²) < 4.78 is 0. The lowest BCUT2D eigenvalue weighted by atomic mass is 9.70. The van der Waals surface area contributed by atoms with E-state index in [9.17, 15) is 14.4 Å². The van der Waals surface area contributed by atoms with Crippen molar-refractivity contribution in [1.82, 2.24) is 0 Å². The lowest BCUT2D eigenvalue weighted by Gasteiger charge is -2.30. The summed E-state index contributed by atoms with van der Waals surface area (Å²) >= 11 is 0. The van der Waals surface area contributed by atoms with Crippen molar-refractivity contribution in [2.75, 3.05) is 0 Å². The summed E-state index contributed by atoms with van der Waals surface area (Å²) in [6.07, 6.45) is -0.639. The van der Waals surface area contributed by atoms with Crippen LogP contribution in [0.4, 0.5) is 0 Å². The van der Waals surface area contributed by atoms with E-state index in [2.05, 4.69) is 0 Å². The van der Waals surface area contributed by atoms with Gasteiger partial charge in [0.05, 0.1) is 0 Å². The van der Waals surface area contributed by atoms with E-state index >= 15 is 0 Å². The number of carboxylic acid groups (broad SMARTS) is 2. The van der Waals surface area contributed by atoms with Gasteiger partial charge in [0.2, 0.25) is 0 Å². The maximum absolute atomic E-state index is 11.9. The molecule has 0 atom stereocenters. The van der Waals surface area contributed by atoms with E-state index in [1.165, 1.54) is 0 Å². The van der Waals surface area contributed by atoms with Crippen LogP contribution in [0.5, 0.6) is 0 Å². The summed E-state index contributed by atoms with van der Waals surface area (Å²) in [5.41, 5.74) is -0.324. The van der Waals surface area contributed by atoms with Gasteiger partial charge in [0.15, 0.2) is 11.2 Å². The number of benzene rings is 1. The van der Waals surface area contributed by atoms with Crippen LogP contribution >= 0.6 is 0 Å². The first kappa shape index (κ1) is 12.3. The summed E-state index contributed by atoms with van der Waals surface area (Å²) in [5.74, 6) is -3.35. The normalized spacial score (nSPS) is 17.1. The first-order valence-electron chi connectivity index (χ1n) is 5.47. The first-order valence-corrected chi connectivity index (χ1v) is 5.47. The number of fused-ring (bicyclic) bond motifs is 1. The number of hydrogen-bond donors (Lipinski definition) is 2. The largest absolute Gasteiger partial charge is 0.480 e. The van der Waals surface area contributed by atoms with Crippen molar-refractivity contribution in [2.24, 2.45) is 5.41 Å². The van der Waals surface area contributed by atoms with E-state index in [4.69, 9.17) is 10.2 Å². The molecule has 0 saturated heterocycles. The molecule has 0 aliphatic heterocycles. The molecule has 0 unspecified atom stereocenters. The molecule has 0 heterocycles. The summed E-state index contributed by atoms with van der Waals surface area (Å²) in [6, 6.07) is 5.06. The van der Waals surface area contributed by atoms with Gasteiger partial charge < -0.3 is 10.2 Å². The van der Waals surface area contributed by atoms with E-state index < -0.39 is 29.6 Å². The van der Waals surface area contributed by atoms with Gasteiger partial charge in [-0.2, -0.15) is 0 Å². The summed E-state index contributed by atoms with van der Waals surface area (Å²) in [6.45, 7) is 1.74. The number of aryl methyl sites for hydroxylation is 1. The molecule has 0 saturated carbocycles. The molecule has 0 spiro atoms. The maximum atomic E-state index is 11.9. The molecule has 18 heavy (non-hydrogen) atoms. The first-order chi connectivity index (χ1) is 8.38. The second-order valence-electron chi connectivity index (χ2n) is 4.57. The number of carboxylic acids is 2. The Morgan fingerprint density at radius 3 is 2.33 bits per heavy atom. The average Bonchev–Trinajstić information content (AvgIpc) is 2.29. The molecule has 1 aliphatic rings. The minimum absolute atomic E-state index is 0.147. The summed E-state index contributed by atoms with van der Waals surface area (Å²) in [7, 11) is 0. The fourth-order valence-corrected chi connectivity index (χ4v) is 2.33. The van der Waals surface area contributed by atoms with Crippen molar-refractivity contribution in [3.8, 4) is 0 Å². The van der Waals surface area contributed by atoms with Crippen molar-refractivity contribution in [3.05, 3.63) is 34.9 Å². The monoisotopic (exact) mass is 248 g/mol. The van der Waals surface area contributed by atoms with Crippen molar-refractivity contribution in [1.29, 1.82) is 0 Å². The van der Waals surface area contributed by atoms with Crippen molar-refractivity contribution in [3.63, 3.8) is 0 Å². The number of aliphatic carboxylic acids is 2. The second kappa shape index (κ2) is 3.94. The molecule has 0 amide bonds. The van der Waals surface area contributed by atoms with Crippen LogP contribution < -0.4 is 0 Å². The Labute approximate surface area is 103 Å². The zero-order chi connectivity index (χ0) is 13.5. The van der Waals surface area contributed by atoms with E-state index in [-0.39, 0.29) is 6.42 Å². The summed E-state index contributed by atoms with van der Waals surface area (Å²) in [4.78, 5) is 34.4. The van der Waals surface area contributed by atoms with E-state index in [0.29, 0.717) is 11.1 Å². The van der Waals surface area contributed by atoms with Crippen molar-refractivity contribution >= 4 is 17.7 Å². The SMILES string of the molecule is Cc1cccc2c1CC(C(=O)O)(C(=O)O)CC2=O. The van der Waals surface area contributed by atoms with Crippen molar-refractivity contribution in [2.45, 2.75) is 19.8 Å². The second-order valence-corrected chi connectivity index (χ2v) is 4.57. The molecule has 5 nitrogen and oxygen atoms in total. The van der Waals surface area contributed by atoms with Crippen LogP contribution in [-0.4, -0.2) is 27.9 Å². The van der Waals surface area contributed by atoms with Gasteiger partial charge in [-0.15, -0.1) is 0 Å². The minimum Gasteiger partial charge on any atom is -0.480 e. The van der Waals surface area contributed by atoms with Gasteiger partial charge in [0, 0.05) is 18.4 Å². The highest BCUT2D eigenvalue weighted by Crippen LogP contribution is 2.37. The van der Waals surface area contributed by atoms with Gasteiger partial charge in [-0.3, -0.25) is 14.4 Å². The van der Waals surface area contributed by atoms with Gasteiger partial charge in [-0.05, 0) is 18.1 Å². The van der Waals surface area contributed by atoms with Crippen LogP contribution in [0.2, 0.25) is 0 Å². The predicted molar refractivity (Wildman–Crippen MR) is 61.5 cm³/mol. The van der Waals surface area contributed by atoms with Crippen LogP contribution in [0.25, 0.3) is 0 Å². The zero-order valence-corrected chi connectivity index (χ0v) is 9.77. The molecule has 5 heteroatoms. The standard InChI is InChI=1S/C13H12O5/c1-7-3-2-4-8-9(7)5-13(11(15)16,12(17)18)6-10(8)14/h2-4H,5-6H2,1H3,(H,15,16)(H,17,18). The van der Waals surface area contributed by atoms with Crippen molar-refractivity contribution < 1.29 is 24.6 Å². The Bertz CT molecular complexity index is 545. The summed E-state index contributed by atoms with van der Waals surface area (Å²) in [5, 5.41) is 18.3. The number of carbonyl (C=O) groups is 3. The van der Waals surface area contributed by atoms with E-state index in [0.717, 1.165) is 5.56 Å². The lowest BCUT2D eigenvalue weighted by molar-refractivity contribution is -0.164. The quantitative estimate of drug-likeness (QED) is 0.769. The third-order valence-electron chi connectivity index (χ3n) is 3.47. The maximum Gasteiger partial charge on any atom is 0.321 e. The molecule has 2 N–H and O–H groups in total. The van der Waals surface area contributed by atoms with Gasteiger partial charge >= 0.3 is 11.9 Å². The number of rotatable bonds is 2. The molecule has 0 fully saturated rings. The highest BCUT2D eigenvalue weighted by Gasteiger charge is 2.51. The van der Waals surface area contributed by atoms with Gasteiger partial charge in [0.25, 0.3) is 0 Å². The van der Waals surface area contributed by atoms with E-state index in [1.54, 1.807) is 25.1 Å². The molecule has 1 aromatic carbocycles. The predicted octanol–water partition coefficient (Wildman–Crippen LogP) is 1.28. The molecular weight excluding hydrogens is 236 g/mol. The van der Waals surface area contributed by atoms with Crippen LogP contribution in [0.15, 0.2) is 18.2 Å². The molecule has 94 valence electrons. The molecule has 0 radical (unpaired) electrons. The molecular formula is C13H12O5. The Morgan fingerprint density at radius 2 is 1.78 bits per heavy atom. The Kier molecular flexibility index (Phi) is 2.69. The molecule has 1 aliphatic carbocycles. The average molecular weight is 248 g/mol. The van der Waals surface area contributed by atoms with Gasteiger partial charge in [-0.1, -0.05) is 18.2 Å². The Hall–Kier alpha value is -2.17. The van der Waals surface area contributed by atoms with E-state index in [1.807, 2.05) is 0 Å². The zero-order valence-electron chi connectivity index (χ0n) is 9.77. The Morgan fingerprint density at radius 1 is 1.17 bits per heavy atom.